The number of hydrogen-bond donors (Lipinski definition) is 0. The molecule has 0 unspecified atom stereocenters. The number of aryl methyl sites for hydroxylation is 1. The molecular weight excluding hydrogens is 188 g/mol. The van der Waals surface area contributed by atoms with Crippen LogP contribution < -0.4 is 0 Å². The Morgan fingerprint density at radius 3 is 2.93 bits per heavy atom. The van der Waals surface area contributed by atoms with Crippen LogP contribution in [0, 0.1) is 18.8 Å². The van der Waals surface area contributed by atoms with E-state index in [9.17, 15) is 4.79 Å². The van der Waals surface area contributed by atoms with Crippen LogP contribution in [0.1, 0.15) is 24.5 Å². The Labute approximate surface area is 90.3 Å². The third-order valence-corrected chi connectivity index (χ3v) is 1.84. The van der Waals surface area contributed by atoms with Gasteiger partial charge in [0.15, 0.2) is 6.61 Å². The largest absolute Gasteiger partial charge is 0.452 e. The van der Waals surface area contributed by atoms with Gasteiger partial charge in [-0.15, -0.1) is 0 Å². The topological polar surface area (TPSA) is 26.3 Å². The Bertz CT molecular complexity index is 396. The van der Waals surface area contributed by atoms with Gasteiger partial charge in [0.05, 0.1) is 0 Å². The van der Waals surface area contributed by atoms with Crippen LogP contribution in [0.25, 0.3) is 0 Å². The monoisotopic (exact) mass is 202 g/mol. The molecule has 0 aromatic heterocycles. The molecule has 15 heavy (non-hydrogen) atoms. The molecule has 0 aliphatic carbocycles. The van der Waals surface area contributed by atoms with Crippen LogP contribution >= 0.6 is 0 Å². The van der Waals surface area contributed by atoms with Crippen LogP contribution in [0.5, 0.6) is 0 Å². The molecule has 2 nitrogen and oxygen atoms in total. The van der Waals surface area contributed by atoms with Crippen molar-refractivity contribution in [1.82, 2.24) is 0 Å². The van der Waals surface area contributed by atoms with Crippen molar-refractivity contribution in [2.24, 2.45) is 0 Å². The second-order valence-electron chi connectivity index (χ2n) is 3.19. The third kappa shape index (κ3) is 4.33. The van der Waals surface area contributed by atoms with Crippen LogP contribution in [0.2, 0.25) is 0 Å². The highest BCUT2D eigenvalue weighted by Gasteiger charge is 1.93. The minimum atomic E-state index is -0.214. The van der Waals surface area contributed by atoms with E-state index >= 15 is 0 Å². The zero-order valence-corrected chi connectivity index (χ0v) is 9.04. The average molecular weight is 202 g/mol. The summed E-state index contributed by atoms with van der Waals surface area (Å²) in [4.78, 5) is 10.8. The first kappa shape index (κ1) is 11.3. The Morgan fingerprint density at radius 1 is 1.47 bits per heavy atom. The average Bonchev–Trinajstić information content (AvgIpc) is 2.24. The normalized spacial score (nSPS) is 8.93. The van der Waals surface area contributed by atoms with Crippen molar-refractivity contribution in [3.8, 4) is 11.8 Å². The van der Waals surface area contributed by atoms with Crippen molar-refractivity contribution in [1.29, 1.82) is 0 Å². The standard InChI is InChI=1S/C13H14O2/c1-3-13(14)15-9-5-8-12-7-4-6-11(2)10-12/h4,6-7,10H,3,9H2,1-2H3. The first-order valence-corrected chi connectivity index (χ1v) is 4.93. The lowest BCUT2D eigenvalue weighted by Crippen LogP contribution is -2.01. The first-order chi connectivity index (χ1) is 7.22. The Morgan fingerprint density at radius 2 is 2.27 bits per heavy atom. The fraction of sp³-hybridized carbons (Fsp3) is 0.308. The van der Waals surface area contributed by atoms with Crippen molar-refractivity contribution in [2.45, 2.75) is 20.3 Å². The SMILES string of the molecule is CCC(=O)OCC#Cc1cccc(C)c1. The molecule has 1 aromatic rings. The van der Waals surface area contributed by atoms with E-state index in [1.54, 1.807) is 6.92 Å². The molecule has 0 radical (unpaired) electrons. The molecule has 0 aliphatic heterocycles. The smallest absolute Gasteiger partial charge is 0.306 e. The second kappa shape index (κ2) is 5.87. The highest BCUT2D eigenvalue weighted by atomic mass is 16.5. The molecule has 0 N–H and O–H groups in total. The molecule has 0 saturated heterocycles. The van der Waals surface area contributed by atoms with Crippen LogP contribution in [0.15, 0.2) is 24.3 Å². The number of benzene rings is 1. The number of hydrogen-bond acceptors (Lipinski definition) is 2. The van der Waals surface area contributed by atoms with Gasteiger partial charge in [-0.3, -0.25) is 4.79 Å². The number of esters is 1. The lowest BCUT2D eigenvalue weighted by molar-refractivity contribution is -0.141. The predicted octanol–water partition coefficient (Wildman–Crippen LogP) is 2.30. The summed E-state index contributed by atoms with van der Waals surface area (Å²) in [6.07, 6.45) is 0.395. The van der Waals surface area contributed by atoms with E-state index in [0.29, 0.717) is 6.42 Å². The van der Waals surface area contributed by atoms with E-state index in [4.69, 9.17) is 4.74 Å². The molecule has 0 heterocycles. The van der Waals surface area contributed by atoms with Gasteiger partial charge in [-0.05, 0) is 24.6 Å². The summed E-state index contributed by atoms with van der Waals surface area (Å²) >= 11 is 0. The maximum Gasteiger partial charge on any atom is 0.306 e. The van der Waals surface area contributed by atoms with Crippen LogP contribution in [-0.4, -0.2) is 12.6 Å². The van der Waals surface area contributed by atoms with Gasteiger partial charge in [-0.25, -0.2) is 0 Å². The molecule has 2 heteroatoms. The summed E-state index contributed by atoms with van der Waals surface area (Å²) in [5.74, 6) is 5.52. The molecule has 0 spiro atoms. The van der Waals surface area contributed by atoms with Crippen molar-refractivity contribution in [3.05, 3.63) is 35.4 Å². The first-order valence-electron chi connectivity index (χ1n) is 4.93. The predicted molar refractivity (Wildman–Crippen MR) is 59.3 cm³/mol. The van der Waals surface area contributed by atoms with Gasteiger partial charge in [-0.1, -0.05) is 30.9 Å². The van der Waals surface area contributed by atoms with Crippen LogP contribution in [0.3, 0.4) is 0 Å². The fourth-order valence-electron chi connectivity index (χ4n) is 1.08. The summed E-state index contributed by atoms with van der Waals surface area (Å²) in [6, 6.07) is 7.90. The summed E-state index contributed by atoms with van der Waals surface area (Å²) < 4.78 is 4.83. The van der Waals surface area contributed by atoms with Crippen molar-refractivity contribution in [2.75, 3.05) is 6.61 Å². The van der Waals surface area contributed by atoms with E-state index in [2.05, 4.69) is 11.8 Å². The van der Waals surface area contributed by atoms with Crippen molar-refractivity contribution in [3.63, 3.8) is 0 Å². The number of rotatable bonds is 2. The van der Waals surface area contributed by atoms with Crippen LogP contribution in [-0.2, 0) is 9.53 Å². The third-order valence-electron chi connectivity index (χ3n) is 1.84. The lowest BCUT2D eigenvalue weighted by Gasteiger charge is -1.95. The summed E-state index contributed by atoms with van der Waals surface area (Å²) in [6.45, 7) is 3.94. The Hall–Kier alpha value is -1.75. The Kier molecular flexibility index (Phi) is 4.43. The van der Waals surface area contributed by atoms with Crippen LogP contribution in [0.4, 0.5) is 0 Å². The van der Waals surface area contributed by atoms with Gasteiger partial charge in [0.25, 0.3) is 0 Å². The number of carbonyl (C=O) groups excluding carboxylic acids is 1. The summed E-state index contributed by atoms with van der Waals surface area (Å²) in [5, 5.41) is 0. The highest BCUT2D eigenvalue weighted by molar-refractivity contribution is 5.69. The molecular formula is C13H14O2. The molecule has 0 fully saturated rings. The number of carbonyl (C=O) groups is 1. The maximum atomic E-state index is 10.8. The molecule has 0 aliphatic rings. The van der Waals surface area contributed by atoms with E-state index in [-0.39, 0.29) is 12.6 Å². The summed E-state index contributed by atoms with van der Waals surface area (Å²) in [5.41, 5.74) is 2.12. The quantitative estimate of drug-likeness (QED) is 0.543. The van der Waals surface area contributed by atoms with E-state index < -0.39 is 0 Å². The zero-order chi connectivity index (χ0) is 11.1. The van der Waals surface area contributed by atoms with E-state index in [1.807, 2.05) is 31.2 Å². The summed E-state index contributed by atoms with van der Waals surface area (Å²) in [7, 11) is 0. The highest BCUT2D eigenvalue weighted by Crippen LogP contribution is 2.01. The van der Waals surface area contributed by atoms with Gasteiger partial charge in [0.1, 0.15) is 0 Å². The maximum absolute atomic E-state index is 10.8. The molecule has 0 amide bonds. The van der Waals surface area contributed by atoms with Gasteiger partial charge < -0.3 is 4.74 Å². The van der Waals surface area contributed by atoms with Gasteiger partial charge in [0, 0.05) is 12.0 Å². The Balaban J connectivity index is 2.48. The zero-order valence-electron chi connectivity index (χ0n) is 9.04. The minimum absolute atomic E-state index is 0.167. The van der Waals surface area contributed by atoms with Gasteiger partial charge in [0.2, 0.25) is 0 Å². The minimum Gasteiger partial charge on any atom is -0.452 e. The van der Waals surface area contributed by atoms with Gasteiger partial charge >= 0.3 is 5.97 Å². The fourth-order valence-corrected chi connectivity index (χ4v) is 1.08. The molecule has 1 rings (SSSR count). The number of ether oxygens (including phenoxy) is 1. The second-order valence-corrected chi connectivity index (χ2v) is 3.19. The molecule has 0 atom stereocenters. The van der Waals surface area contributed by atoms with E-state index in [0.717, 1.165) is 5.56 Å². The molecule has 0 bridgehead atoms. The van der Waals surface area contributed by atoms with Gasteiger partial charge in [-0.2, -0.15) is 0 Å². The molecule has 0 saturated carbocycles. The van der Waals surface area contributed by atoms with E-state index in [1.165, 1.54) is 5.56 Å². The molecule has 1 aromatic carbocycles. The molecule has 78 valence electrons. The van der Waals surface area contributed by atoms with Crippen molar-refractivity contribution >= 4 is 5.97 Å². The van der Waals surface area contributed by atoms with Crippen molar-refractivity contribution < 1.29 is 9.53 Å². The lowest BCUT2D eigenvalue weighted by atomic mass is 10.1.